The summed E-state index contributed by atoms with van der Waals surface area (Å²) < 4.78 is 5.30. The van der Waals surface area contributed by atoms with Gasteiger partial charge in [0.25, 0.3) is 0 Å². The normalized spacial score (nSPS) is 10.5. The van der Waals surface area contributed by atoms with Gasteiger partial charge in [-0.1, -0.05) is 12.1 Å². The topological polar surface area (TPSA) is 89.6 Å². The van der Waals surface area contributed by atoms with Gasteiger partial charge in [0, 0.05) is 12.2 Å². The number of nitrogens with one attached hydrogen (secondary N) is 1. The standard InChI is InChI=1S/C21H26N4O3/c1-16-7-4-9-19(17(16)2)23-20(26)14-24(3)15-21(27)25(11-6-10-22)13-18-8-5-12-28-18/h4-5,7-9,12H,6,11,13-15H2,1-3H3,(H,23,26). The van der Waals surface area contributed by atoms with Crippen LogP contribution >= 0.6 is 0 Å². The maximum atomic E-state index is 12.6. The Bertz CT molecular complexity index is 840. The van der Waals surface area contributed by atoms with Crippen molar-refractivity contribution < 1.29 is 14.0 Å². The van der Waals surface area contributed by atoms with E-state index in [2.05, 4.69) is 11.4 Å². The molecule has 0 spiro atoms. The number of furan rings is 1. The Kier molecular flexibility index (Phi) is 7.78. The number of anilines is 1. The van der Waals surface area contributed by atoms with Crippen molar-refractivity contribution in [1.82, 2.24) is 9.80 Å². The molecule has 0 saturated heterocycles. The molecule has 7 nitrogen and oxygen atoms in total. The summed E-state index contributed by atoms with van der Waals surface area (Å²) in [6.45, 7) is 4.73. The number of carbonyl (C=O) groups excluding carboxylic acids is 2. The molecule has 0 saturated carbocycles. The largest absolute Gasteiger partial charge is 0.467 e. The molecular formula is C21H26N4O3. The first-order valence-electron chi connectivity index (χ1n) is 9.12. The van der Waals surface area contributed by atoms with Gasteiger partial charge in [-0.15, -0.1) is 0 Å². The number of amides is 2. The van der Waals surface area contributed by atoms with E-state index in [4.69, 9.17) is 9.68 Å². The molecule has 0 fully saturated rings. The van der Waals surface area contributed by atoms with Gasteiger partial charge >= 0.3 is 0 Å². The third kappa shape index (κ3) is 6.25. The molecule has 1 aromatic heterocycles. The summed E-state index contributed by atoms with van der Waals surface area (Å²) in [5.74, 6) is 0.314. The van der Waals surface area contributed by atoms with Crippen LogP contribution in [0, 0.1) is 25.2 Å². The lowest BCUT2D eigenvalue weighted by Crippen LogP contribution is -2.41. The summed E-state index contributed by atoms with van der Waals surface area (Å²) in [6.07, 6.45) is 1.79. The van der Waals surface area contributed by atoms with E-state index in [1.54, 1.807) is 35.2 Å². The molecule has 0 bridgehead atoms. The van der Waals surface area contributed by atoms with Crippen LogP contribution in [0.2, 0.25) is 0 Å². The van der Waals surface area contributed by atoms with Crippen molar-refractivity contribution in [3.63, 3.8) is 0 Å². The van der Waals surface area contributed by atoms with Crippen LogP contribution in [0.5, 0.6) is 0 Å². The zero-order chi connectivity index (χ0) is 20.5. The lowest BCUT2D eigenvalue weighted by molar-refractivity contribution is -0.133. The van der Waals surface area contributed by atoms with Gasteiger partial charge in [-0.2, -0.15) is 5.26 Å². The van der Waals surface area contributed by atoms with Crippen molar-refractivity contribution in [2.75, 3.05) is 32.0 Å². The first-order chi connectivity index (χ1) is 13.4. The highest BCUT2D eigenvalue weighted by molar-refractivity contribution is 5.93. The van der Waals surface area contributed by atoms with Crippen LogP contribution in [0.1, 0.15) is 23.3 Å². The molecule has 0 aliphatic rings. The molecule has 7 heteroatoms. The molecule has 28 heavy (non-hydrogen) atoms. The minimum atomic E-state index is -0.182. The van der Waals surface area contributed by atoms with Gasteiger partial charge < -0.3 is 14.6 Å². The molecule has 2 amide bonds. The van der Waals surface area contributed by atoms with Crippen LogP contribution in [0.15, 0.2) is 41.0 Å². The van der Waals surface area contributed by atoms with Crippen LogP contribution in [0.25, 0.3) is 0 Å². The Hall–Kier alpha value is -3.11. The average molecular weight is 382 g/mol. The molecule has 0 aliphatic carbocycles. The van der Waals surface area contributed by atoms with E-state index >= 15 is 0 Å². The van der Waals surface area contributed by atoms with E-state index in [0.717, 1.165) is 16.8 Å². The SMILES string of the molecule is Cc1cccc(NC(=O)CN(C)CC(=O)N(CCC#N)Cc2ccco2)c1C. The van der Waals surface area contributed by atoms with Crippen LogP contribution in [-0.2, 0) is 16.1 Å². The van der Waals surface area contributed by atoms with Gasteiger partial charge in [-0.25, -0.2) is 0 Å². The van der Waals surface area contributed by atoms with E-state index in [0.29, 0.717) is 18.8 Å². The van der Waals surface area contributed by atoms with Crippen molar-refractivity contribution in [3.8, 4) is 6.07 Å². The summed E-state index contributed by atoms with van der Waals surface area (Å²) in [5, 5.41) is 11.7. The van der Waals surface area contributed by atoms with Gasteiger partial charge in [0.15, 0.2) is 0 Å². The lowest BCUT2D eigenvalue weighted by atomic mass is 10.1. The summed E-state index contributed by atoms with van der Waals surface area (Å²) in [6, 6.07) is 11.3. The second-order valence-electron chi connectivity index (χ2n) is 6.77. The zero-order valence-corrected chi connectivity index (χ0v) is 16.6. The molecule has 1 heterocycles. The Morgan fingerprint density at radius 3 is 2.64 bits per heavy atom. The van der Waals surface area contributed by atoms with Crippen molar-refractivity contribution in [2.24, 2.45) is 0 Å². The number of rotatable bonds is 9. The maximum absolute atomic E-state index is 12.6. The number of carbonyl (C=O) groups is 2. The highest BCUT2D eigenvalue weighted by Gasteiger charge is 2.18. The Labute approximate surface area is 165 Å². The smallest absolute Gasteiger partial charge is 0.238 e. The van der Waals surface area contributed by atoms with E-state index in [9.17, 15) is 9.59 Å². The van der Waals surface area contributed by atoms with Crippen LogP contribution < -0.4 is 5.32 Å². The molecule has 1 N–H and O–H groups in total. The van der Waals surface area contributed by atoms with E-state index in [1.165, 1.54) is 0 Å². The van der Waals surface area contributed by atoms with E-state index < -0.39 is 0 Å². The summed E-state index contributed by atoms with van der Waals surface area (Å²) >= 11 is 0. The zero-order valence-electron chi connectivity index (χ0n) is 16.6. The fourth-order valence-electron chi connectivity index (χ4n) is 2.78. The lowest BCUT2D eigenvalue weighted by Gasteiger charge is -2.24. The molecule has 2 aromatic rings. The first-order valence-corrected chi connectivity index (χ1v) is 9.12. The van der Waals surface area contributed by atoms with Crippen LogP contribution in [-0.4, -0.2) is 48.3 Å². The Morgan fingerprint density at radius 1 is 1.18 bits per heavy atom. The van der Waals surface area contributed by atoms with E-state index in [1.807, 2.05) is 32.0 Å². The van der Waals surface area contributed by atoms with Crippen molar-refractivity contribution >= 4 is 17.5 Å². The van der Waals surface area contributed by atoms with Gasteiger partial charge in [0.05, 0.1) is 38.4 Å². The van der Waals surface area contributed by atoms with Crippen molar-refractivity contribution in [3.05, 3.63) is 53.5 Å². The molecule has 0 atom stereocenters. The second-order valence-corrected chi connectivity index (χ2v) is 6.77. The highest BCUT2D eigenvalue weighted by Crippen LogP contribution is 2.17. The van der Waals surface area contributed by atoms with Crippen molar-refractivity contribution in [2.45, 2.75) is 26.8 Å². The monoisotopic (exact) mass is 382 g/mol. The summed E-state index contributed by atoms with van der Waals surface area (Å²) in [4.78, 5) is 28.2. The quantitative estimate of drug-likeness (QED) is 0.720. The molecule has 148 valence electrons. The minimum Gasteiger partial charge on any atom is -0.467 e. The highest BCUT2D eigenvalue weighted by atomic mass is 16.3. The fourth-order valence-corrected chi connectivity index (χ4v) is 2.78. The fraction of sp³-hybridized carbons (Fsp3) is 0.381. The third-order valence-corrected chi connectivity index (χ3v) is 4.47. The summed E-state index contributed by atoms with van der Waals surface area (Å²) in [5.41, 5.74) is 2.90. The van der Waals surface area contributed by atoms with Crippen LogP contribution in [0.3, 0.4) is 0 Å². The number of nitrogens with zero attached hydrogens (tertiary/aromatic N) is 3. The second kappa shape index (κ2) is 10.3. The van der Waals surface area contributed by atoms with Gasteiger partial charge in [0.1, 0.15) is 5.76 Å². The van der Waals surface area contributed by atoms with Gasteiger partial charge in [-0.05, 0) is 50.2 Å². The Balaban J connectivity index is 1.90. The molecule has 0 aliphatic heterocycles. The van der Waals surface area contributed by atoms with E-state index in [-0.39, 0.29) is 31.3 Å². The number of hydrogen-bond donors (Lipinski definition) is 1. The molecule has 0 unspecified atom stereocenters. The van der Waals surface area contributed by atoms with Gasteiger partial charge in [-0.3, -0.25) is 14.5 Å². The van der Waals surface area contributed by atoms with Crippen molar-refractivity contribution in [1.29, 1.82) is 5.26 Å². The Morgan fingerprint density at radius 2 is 1.96 bits per heavy atom. The predicted octanol–water partition coefficient (Wildman–Crippen LogP) is 2.71. The number of likely N-dealkylation sites (N-methyl/N-ethyl adjacent to an activating group) is 1. The predicted molar refractivity (Wildman–Crippen MR) is 106 cm³/mol. The third-order valence-electron chi connectivity index (χ3n) is 4.47. The molecular weight excluding hydrogens is 356 g/mol. The number of nitriles is 1. The molecule has 2 rings (SSSR count). The first kappa shape index (κ1) is 21.2. The average Bonchev–Trinajstić information content (AvgIpc) is 3.15. The van der Waals surface area contributed by atoms with Crippen LogP contribution in [0.4, 0.5) is 5.69 Å². The maximum Gasteiger partial charge on any atom is 0.238 e. The molecule has 0 radical (unpaired) electrons. The van der Waals surface area contributed by atoms with Gasteiger partial charge in [0.2, 0.25) is 11.8 Å². The minimum absolute atomic E-state index is 0.0758. The molecule has 1 aromatic carbocycles. The number of aryl methyl sites for hydroxylation is 1. The summed E-state index contributed by atoms with van der Waals surface area (Å²) in [7, 11) is 1.72. The number of benzene rings is 1. The number of hydrogen-bond acceptors (Lipinski definition) is 5.